The van der Waals surface area contributed by atoms with Crippen LogP contribution in [0.1, 0.15) is 11.1 Å². The average molecular weight is 281 g/mol. The summed E-state index contributed by atoms with van der Waals surface area (Å²) in [6.45, 7) is 0.398. The fourth-order valence-electron chi connectivity index (χ4n) is 1.71. The van der Waals surface area contributed by atoms with Gasteiger partial charge in [-0.3, -0.25) is 0 Å². The summed E-state index contributed by atoms with van der Waals surface area (Å²) >= 11 is 0. The van der Waals surface area contributed by atoms with Gasteiger partial charge in [-0.2, -0.15) is 13.2 Å². The summed E-state index contributed by atoms with van der Waals surface area (Å²) in [7, 11) is 0. The highest BCUT2D eigenvalue weighted by Gasteiger charge is 2.29. The molecule has 0 aromatic heterocycles. The average Bonchev–Trinajstić information content (AvgIpc) is 2.41. The summed E-state index contributed by atoms with van der Waals surface area (Å²) in [5.74, 6) is 0.424. The third-order valence-electron chi connectivity index (χ3n) is 2.82. The number of halogens is 3. The van der Waals surface area contributed by atoms with Gasteiger partial charge in [0, 0.05) is 12.1 Å². The molecule has 2 nitrogen and oxygen atoms in total. The smallest absolute Gasteiger partial charge is 0.416 e. The first-order valence-electron chi connectivity index (χ1n) is 6.09. The summed E-state index contributed by atoms with van der Waals surface area (Å²) in [6, 6.07) is 12.1. The van der Waals surface area contributed by atoms with Crippen LogP contribution in [-0.4, -0.2) is 6.61 Å². The molecule has 0 aliphatic rings. The number of nitrogens with two attached hydrogens (primary N) is 1. The van der Waals surface area contributed by atoms with Crippen LogP contribution in [0, 0.1) is 0 Å². The standard InChI is InChI=1S/C15H14F3NO/c16-15(17,18)12-3-7-14(8-4-12)20-10-9-11-1-5-13(19)6-2-11/h1-8H,9-10,19H2. The van der Waals surface area contributed by atoms with Crippen molar-refractivity contribution in [2.75, 3.05) is 12.3 Å². The zero-order chi connectivity index (χ0) is 14.6. The van der Waals surface area contributed by atoms with Gasteiger partial charge >= 0.3 is 6.18 Å². The van der Waals surface area contributed by atoms with Gasteiger partial charge < -0.3 is 10.5 Å². The number of rotatable bonds is 4. The normalized spacial score (nSPS) is 11.3. The Balaban J connectivity index is 1.87. The Labute approximate surface area is 115 Å². The predicted molar refractivity (Wildman–Crippen MR) is 71.5 cm³/mol. The molecule has 0 fully saturated rings. The maximum Gasteiger partial charge on any atom is 0.416 e. The Bertz CT molecular complexity index is 547. The summed E-state index contributed by atoms with van der Waals surface area (Å²) in [5, 5.41) is 0. The van der Waals surface area contributed by atoms with E-state index in [-0.39, 0.29) is 0 Å². The van der Waals surface area contributed by atoms with Crippen molar-refractivity contribution in [2.45, 2.75) is 12.6 Å². The van der Waals surface area contributed by atoms with Crippen molar-refractivity contribution in [3.63, 3.8) is 0 Å². The van der Waals surface area contributed by atoms with E-state index in [1.165, 1.54) is 12.1 Å². The van der Waals surface area contributed by atoms with E-state index in [4.69, 9.17) is 10.5 Å². The third kappa shape index (κ3) is 3.91. The molecule has 106 valence electrons. The van der Waals surface area contributed by atoms with E-state index in [1.807, 2.05) is 12.1 Å². The van der Waals surface area contributed by atoms with Gasteiger partial charge in [0.05, 0.1) is 12.2 Å². The summed E-state index contributed by atoms with van der Waals surface area (Å²) in [4.78, 5) is 0. The number of ether oxygens (including phenoxy) is 1. The van der Waals surface area contributed by atoms with E-state index in [0.29, 0.717) is 24.5 Å². The Morgan fingerprint density at radius 1 is 0.900 bits per heavy atom. The van der Waals surface area contributed by atoms with E-state index >= 15 is 0 Å². The van der Waals surface area contributed by atoms with E-state index < -0.39 is 11.7 Å². The molecular formula is C15H14F3NO. The Morgan fingerprint density at radius 2 is 1.50 bits per heavy atom. The van der Waals surface area contributed by atoms with Crippen molar-refractivity contribution >= 4 is 5.69 Å². The zero-order valence-corrected chi connectivity index (χ0v) is 10.7. The van der Waals surface area contributed by atoms with E-state index in [9.17, 15) is 13.2 Å². The van der Waals surface area contributed by atoms with Crippen LogP contribution >= 0.6 is 0 Å². The van der Waals surface area contributed by atoms with Gasteiger partial charge in [-0.25, -0.2) is 0 Å². The fraction of sp³-hybridized carbons (Fsp3) is 0.200. The molecule has 0 aliphatic carbocycles. The number of nitrogen functional groups attached to an aromatic ring is 1. The topological polar surface area (TPSA) is 35.2 Å². The monoisotopic (exact) mass is 281 g/mol. The van der Waals surface area contributed by atoms with Gasteiger partial charge in [-0.15, -0.1) is 0 Å². The minimum absolute atomic E-state index is 0.398. The van der Waals surface area contributed by atoms with Gasteiger partial charge in [0.15, 0.2) is 0 Å². The Kier molecular flexibility index (Phi) is 4.17. The molecule has 0 radical (unpaired) electrons. The second-order valence-corrected chi connectivity index (χ2v) is 4.36. The number of anilines is 1. The molecule has 0 bridgehead atoms. The van der Waals surface area contributed by atoms with Crippen molar-refractivity contribution in [1.82, 2.24) is 0 Å². The van der Waals surface area contributed by atoms with Gasteiger partial charge in [0.1, 0.15) is 5.75 Å². The Hall–Kier alpha value is -2.17. The summed E-state index contributed by atoms with van der Waals surface area (Å²) in [5.41, 5.74) is 6.65. The predicted octanol–water partition coefficient (Wildman–Crippen LogP) is 3.91. The highest BCUT2D eigenvalue weighted by atomic mass is 19.4. The van der Waals surface area contributed by atoms with Crippen LogP contribution in [0.25, 0.3) is 0 Å². The molecular weight excluding hydrogens is 267 g/mol. The molecule has 0 saturated carbocycles. The van der Waals surface area contributed by atoms with Crippen molar-refractivity contribution < 1.29 is 17.9 Å². The molecule has 0 aliphatic heterocycles. The van der Waals surface area contributed by atoms with E-state index in [1.54, 1.807) is 12.1 Å². The number of alkyl halides is 3. The van der Waals surface area contributed by atoms with Crippen molar-refractivity contribution in [1.29, 1.82) is 0 Å². The van der Waals surface area contributed by atoms with Crippen molar-refractivity contribution in [3.8, 4) is 5.75 Å². The van der Waals surface area contributed by atoms with Gasteiger partial charge in [-0.1, -0.05) is 12.1 Å². The first kappa shape index (κ1) is 14.2. The number of hydrogen-bond acceptors (Lipinski definition) is 2. The molecule has 20 heavy (non-hydrogen) atoms. The Morgan fingerprint density at radius 3 is 2.05 bits per heavy atom. The minimum Gasteiger partial charge on any atom is -0.493 e. The molecule has 0 saturated heterocycles. The van der Waals surface area contributed by atoms with E-state index in [2.05, 4.69) is 0 Å². The summed E-state index contributed by atoms with van der Waals surface area (Å²) < 4.78 is 42.5. The maximum atomic E-state index is 12.4. The maximum absolute atomic E-state index is 12.4. The van der Waals surface area contributed by atoms with Crippen LogP contribution in [0.15, 0.2) is 48.5 Å². The molecule has 5 heteroatoms. The third-order valence-corrected chi connectivity index (χ3v) is 2.82. The molecule has 2 aromatic carbocycles. The lowest BCUT2D eigenvalue weighted by atomic mass is 10.1. The molecule has 0 amide bonds. The quantitative estimate of drug-likeness (QED) is 0.862. The molecule has 0 heterocycles. The zero-order valence-electron chi connectivity index (χ0n) is 10.7. The number of hydrogen-bond donors (Lipinski definition) is 1. The van der Waals surface area contributed by atoms with Crippen LogP contribution in [0.5, 0.6) is 5.75 Å². The van der Waals surface area contributed by atoms with E-state index in [0.717, 1.165) is 17.7 Å². The number of benzene rings is 2. The second-order valence-electron chi connectivity index (χ2n) is 4.36. The van der Waals surface area contributed by atoms with Crippen LogP contribution < -0.4 is 10.5 Å². The van der Waals surface area contributed by atoms with Crippen LogP contribution in [-0.2, 0) is 12.6 Å². The second kappa shape index (κ2) is 5.86. The molecule has 0 atom stereocenters. The van der Waals surface area contributed by atoms with Crippen LogP contribution in [0.2, 0.25) is 0 Å². The highest BCUT2D eigenvalue weighted by Crippen LogP contribution is 2.30. The lowest BCUT2D eigenvalue weighted by molar-refractivity contribution is -0.137. The summed E-state index contributed by atoms with van der Waals surface area (Å²) in [6.07, 6.45) is -3.65. The molecule has 2 aromatic rings. The van der Waals surface area contributed by atoms with Crippen molar-refractivity contribution in [2.24, 2.45) is 0 Å². The van der Waals surface area contributed by atoms with Gasteiger partial charge in [0.25, 0.3) is 0 Å². The van der Waals surface area contributed by atoms with Gasteiger partial charge in [-0.05, 0) is 42.0 Å². The molecule has 2 N–H and O–H groups in total. The van der Waals surface area contributed by atoms with Crippen LogP contribution in [0.3, 0.4) is 0 Å². The van der Waals surface area contributed by atoms with Crippen molar-refractivity contribution in [3.05, 3.63) is 59.7 Å². The molecule has 2 rings (SSSR count). The SMILES string of the molecule is Nc1ccc(CCOc2ccc(C(F)(F)F)cc2)cc1. The molecule has 0 unspecified atom stereocenters. The highest BCUT2D eigenvalue weighted by molar-refractivity contribution is 5.39. The first-order chi connectivity index (χ1) is 9.45. The first-order valence-corrected chi connectivity index (χ1v) is 6.09. The lowest BCUT2D eigenvalue weighted by Gasteiger charge is -2.09. The van der Waals surface area contributed by atoms with Crippen LogP contribution in [0.4, 0.5) is 18.9 Å². The lowest BCUT2D eigenvalue weighted by Crippen LogP contribution is -2.05. The van der Waals surface area contributed by atoms with Gasteiger partial charge in [0.2, 0.25) is 0 Å². The minimum atomic E-state index is -4.32. The fourth-order valence-corrected chi connectivity index (χ4v) is 1.71. The largest absolute Gasteiger partial charge is 0.493 e. The molecule has 0 spiro atoms.